The van der Waals surface area contributed by atoms with Crippen molar-refractivity contribution < 1.29 is 13.5 Å². The summed E-state index contributed by atoms with van der Waals surface area (Å²) in [5, 5.41) is 9.34. The lowest BCUT2D eigenvalue weighted by Gasteiger charge is -2.24. The lowest BCUT2D eigenvalue weighted by Crippen LogP contribution is -2.33. The molecule has 0 radical (unpaired) electrons. The van der Waals surface area contributed by atoms with E-state index in [9.17, 15) is 13.5 Å². The third kappa shape index (κ3) is 4.08. The molecule has 0 unspecified atom stereocenters. The minimum Gasteiger partial charge on any atom is -0.508 e. The summed E-state index contributed by atoms with van der Waals surface area (Å²) in [6.07, 6.45) is 0. The number of phenols is 1. The molecule has 0 amide bonds. The van der Waals surface area contributed by atoms with Gasteiger partial charge in [0.1, 0.15) is 5.75 Å². The summed E-state index contributed by atoms with van der Waals surface area (Å²) in [7, 11) is -3.53. The first kappa shape index (κ1) is 16.5. The van der Waals surface area contributed by atoms with E-state index in [1.54, 1.807) is 54.6 Å². The third-order valence-electron chi connectivity index (χ3n) is 3.25. The molecule has 2 rings (SSSR count). The van der Waals surface area contributed by atoms with Gasteiger partial charge in [-0.15, -0.1) is 0 Å². The first-order valence-electron chi connectivity index (χ1n) is 7.22. The van der Waals surface area contributed by atoms with E-state index in [1.165, 1.54) is 4.31 Å². The van der Waals surface area contributed by atoms with Gasteiger partial charge in [0.2, 0.25) is 10.0 Å². The van der Waals surface area contributed by atoms with Crippen LogP contribution in [0.15, 0.2) is 59.5 Å². The lowest BCUT2D eigenvalue weighted by molar-refractivity contribution is 0.362. The van der Waals surface area contributed by atoms with Crippen LogP contribution < -0.4 is 0 Å². The molecule has 2 aromatic rings. The largest absolute Gasteiger partial charge is 0.508 e. The van der Waals surface area contributed by atoms with Gasteiger partial charge in [-0.25, -0.2) is 8.42 Å². The SMILES string of the molecule is CC(C)CN(Cc1ccc(O)cc1)S(=O)(=O)c1ccccc1. The summed E-state index contributed by atoms with van der Waals surface area (Å²) in [6, 6.07) is 15.1. The van der Waals surface area contributed by atoms with Crippen LogP contribution in [0.1, 0.15) is 19.4 Å². The zero-order chi connectivity index (χ0) is 16.2. The molecule has 0 saturated carbocycles. The maximum absolute atomic E-state index is 12.8. The molecule has 0 atom stereocenters. The Hall–Kier alpha value is -1.85. The first-order valence-corrected chi connectivity index (χ1v) is 8.66. The van der Waals surface area contributed by atoms with Gasteiger partial charge in [0.05, 0.1) is 4.90 Å². The monoisotopic (exact) mass is 319 g/mol. The molecule has 22 heavy (non-hydrogen) atoms. The molecule has 0 aliphatic rings. The second-order valence-electron chi connectivity index (χ2n) is 5.67. The van der Waals surface area contributed by atoms with E-state index in [0.29, 0.717) is 11.4 Å². The topological polar surface area (TPSA) is 57.6 Å². The highest BCUT2D eigenvalue weighted by atomic mass is 32.2. The van der Waals surface area contributed by atoms with Crippen molar-refractivity contribution in [3.8, 4) is 5.75 Å². The van der Waals surface area contributed by atoms with Crippen molar-refractivity contribution in [1.82, 2.24) is 4.31 Å². The fourth-order valence-electron chi connectivity index (χ4n) is 2.20. The number of hydrogen-bond donors (Lipinski definition) is 1. The molecular formula is C17H21NO3S. The summed E-state index contributed by atoms with van der Waals surface area (Å²) >= 11 is 0. The smallest absolute Gasteiger partial charge is 0.243 e. The Balaban J connectivity index is 2.31. The van der Waals surface area contributed by atoms with Crippen LogP contribution in [0.2, 0.25) is 0 Å². The molecule has 0 spiro atoms. The second-order valence-corrected chi connectivity index (χ2v) is 7.61. The summed E-state index contributed by atoms with van der Waals surface area (Å²) in [5.74, 6) is 0.390. The van der Waals surface area contributed by atoms with Crippen LogP contribution in [0.4, 0.5) is 0 Å². The minimum atomic E-state index is -3.53. The normalized spacial score (nSPS) is 12.0. The number of aromatic hydroxyl groups is 1. The number of rotatable bonds is 6. The molecule has 0 fully saturated rings. The predicted octanol–water partition coefficient (Wildman–Crippen LogP) is 3.24. The highest BCUT2D eigenvalue weighted by molar-refractivity contribution is 7.89. The molecule has 0 aliphatic carbocycles. The van der Waals surface area contributed by atoms with Gasteiger partial charge >= 0.3 is 0 Å². The Morgan fingerprint density at radius 2 is 1.59 bits per heavy atom. The summed E-state index contributed by atoms with van der Waals surface area (Å²) in [6.45, 7) is 4.71. The number of hydrogen-bond acceptors (Lipinski definition) is 3. The highest BCUT2D eigenvalue weighted by Gasteiger charge is 2.25. The molecule has 0 saturated heterocycles. The van der Waals surface area contributed by atoms with Crippen molar-refractivity contribution in [3.05, 3.63) is 60.2 Å². The van der Waals surface area contributed by atoms with Crippen LogP contribution in [0.5, 0.6) is 5.75 Å². The van der Waals surface area contributed by atoms with Crippen molar-refractivity contribution in [2.45, 2.75) is 25.3 Å². The predicted molar refractivity (Wildman–Crippen MR) is 87.0 cm³/mol. The first-order chi connectivity index (χ1) is 10.4. The van der Waals surface area contributed by atoms with Gasteiger partial charge in [0.15, 0.2) is 0 Å². The van der Waals surface area contributed by atoms with Crippen molar-refractivity contribution in [1.29, 1.82) is 0 Å². The van der Waals surface area contributed by atoms with E-state index in [4.69, 9.17) is 0 Å². The molecule has 5 heteroatoms. The standard InChI is InChI=1S/C17H21NO3S/c1-14(2)12-18(13-15-8-10-16(19)11-9-15)22(20,21)17-6-4-3-5-7-17/h3-11,14,19H,12-13H2,1-2H3. The Morgan fingerprint density at radius 3 is 2.14 bits per heavy atom. The number of benzene rings is 2. The Bertz CT molecular complexity index is 694. The fraction of sp³-hybridized carbons (Fsp3) is 0.294. The fourth-order valence-corrected chi connectivity index (χ4v) is 3.81. The maximum atomic E-state index is 12.8. The molecule has 0 aliphatic heterocycles. The van der Waals surface area contributed by atoms with Crippen LogP contribution in [0.3, 0.4) is 0 Å². The summed E-state index contributed by atoms with van der Waals surface area (Å²) in [4.78, 5) is 0.300. The molecule has 0 heterocycles. The molecule has 0 aromatic heterocycles. The summed E-state index contributed by atoms with van der Waals surface area (Å²) in [5.41, 5.74) is 0.845. The van der Waals surface area contributed by atoms with Gasteiger partial charge in [0, 0.05) is 13.1 Å². The zero-order valence-electron chi connectivity index (χ0n) is 12.8. The van der Waals surface area contributed by atoms with Gasteiger partial charge in [-0.3, -0.25) is 0 Å². The molecule has 4 nitrogen and oxygen atoms in total. The summed E-state index contributed by atoms with van der Waals surface area (Å²) < 4.78 is 27.1. The highest BCUT2D eigenvalue weighted by Crippen LogP contribution is 2.20. The third-order valence-corrected chi connectivity index (χ3v) is 5.07. The lowest BCUT2D eigenvalue weighted by atomic mass is 10.2. The second kappa shape index (κ2) is 6.94. The van der Waals surface area contributed by atoms with Gasteiger partial charge in [-0.2, -0.15) is 4.31 Å². The van der Waals surface area contributed by atoms with Crippen LogP contribution >= 0.6 is 0 Å². The number of nitrogens with zero attached hydrogens (tertiary/aromatic N) is 1. The average Bonchev–Trinajstić information content (AvgIpc) is 2.49. The van der Waals surface area contributed by atoms with E-state index < -0.39 is 10.0 Å². The maximum Gasteiger partial charge on any atom is 0.243 e. The van der Waals surface area contributed by atoms with E-state index in [2.05, 4.69) is 0 Å². The van der Waals surface area contributed by atoms with Crippen molar-refractivity contribution in [3.63, 3.8) is 0 Å². The van der Waals surface area contributed by atoms with Crippen LogP contribution in [0, 0.1) is 5.92 Å². The van der Waals surface area contributed by atoms with E-state index in [0.717, 1.165) is 5.56 Å². The van der Waals surface area contributed by atoms with Crippen molar-refractivity contribution in [2.24, 2.45) is 5.92 Å². The molecule has 1 N–H and O–H groups in total. The van der Waals surface area contributed by atoms with Crippen LogP contribution in [0.25, 0.3) is 0 Å². The Morgan fingerprint density at radius 1 is 1.00 bits per heavy atom. The van der Waals surface area contributed by atoms with Crippen molar-refractivity contribution in [2.75, 3.05) is 6.54 Å². The zero-order valence-corrected chi connectivity index (χ0v) is 13.6. The molecule has 0 bridgehead atoms. The minimum absolute atomic E-state index is 0.171. The quantitative estimate of drug-likeness (QED) is 0.889. The number of sulfonamides is 1. The van der Waals surface area contributed by atoms with Gasteiger partial charge in [0.25, 0.3) is 0 Å². The molecule has 118 valence electrons. The van der Waals surface area contributed by atoms with Gasteiger partial charge in [-0.1, -0.05) is 44.2 Å². The Labute approximate surface area is 132 Å². The molecular weight excluding hydrogens is 298 g/mol. The van der Waals surface area contributed by atoms with Crippen LogP contribution in [-0.4, -0.2) is 24.4 Å². The van der Waals surface area contributed by atoms with E-state index in [1.807, 2.05) is 13.8 Å². The van der Waals surface area contributed by atoms with E-state index >= 15 is 0 Å². The number of phenolic OH excluding ortho intramolecular Hbond substituents is 1. The molecule has 2 aromatic carbocycles. The Kier molecular flexibility index (Phi) is 5.21. The van der Waals surface area contributed by atoms with Crippen LogP contribution in [-0.2, 0) is 16.6 Å². The van der Waals surface area contributed by atoms with Gasteiger partial charge < -0.3 is 5.11 Å². The van der Waals surface area contributed by atoms with E-state index in [-0.39, 0.29) is 18.2 Å². The van der Waals surface area contributed by atoms with Gasteiger partial charge in [-0.05, 0) is 35.7 Å². The van der Waals surface area contributed by atoms with Crippen molar-refractivity contribution >= 4 is 10.0 Å². The average molecular weight is 319 g/mol.